The highest BCUT2D eigenvalue weighted by Gasteiger charge is 2.74. The molecule has 0 bridgehead atoms. The Morgan fingerprint density at radius 2 is 1.72 bits per heavy atom. The molecule has 10 atom stereocenters. The van der Waals surface area contributed by atoms with Crippen molar-refractivity contribution in [2.45, 2.75) is 106 Å². The molecule has 4 fully saturated rings. The molecule has 4 saturated carbocycles. The van der Waals surface area contributed by atoms with E-state index in [4.69, 9.17) is 0 Å². The third kappa shape index (κ3) is 3.33. The van der Waals surface area contributed by atoms with Crippen LogP contribution >= 0.6 is 47.8 Å². The van der Waals surface area contributed by atoms with Gasteiger partial charge in [0.1, 0.15) is 3.23 Å². The van der Waals surface area contributed by atoms with Crippen LogP contribution in [0.1, 0.15) is 92.4 Å². The van der Waals surface area contributed by atoms with Crippen molar-refractivity contribution in [1.29, 1.82) is 0 Å². The summed E-state index contributed by atoms with van der Waals surface area (Å²) in [6, 6.07) is 0. The minimum absolute atomic E-state index is 0.0523. The molecule has 5 aliphatic rings. The molecule has 182 valence electrons. The summed E-state index contributed by atoms with van der Waals surface area (Å²) in [4.78, 5) is 0. The van der Waals surface area contributed by atoms with Crippen molar-refractivity contribution in [2.75, 3.05) is 0 Å². The van der Waals surface area contributed by atoms with Crippen molar-refractivity contribution in [1.82, 2.24) is 0 Å². The molecule has 1 nitrogen and oxygen atoms in total. The van der Waals surface area contributed by atoms with Gasteiger partial charge in [0.15, 0.2) is 0 Å². The zero-order chi connectivity index (χ0) is 23.3. The average Bonchev–Trinajstić information content (AvgIpc) is 2.99. The molecule has 0 aromatic rings. The summed E-state index contributed by atoms with van der Waals surface area (Å²) >= 11 is 12.2. The topological polar surface area (TPSA) is 20.2 Å². The van der Waals surface area contributed by atoms with Gasteiger partial charge in [-0.25, -0.2) is 0 Å². The van der Waals surface area contributed by atoms with Gasteiger partial charge in [-0.05, 0) is 104 Å². The van der Waals surface area contributed by atoms with Crippen LogP contribution in [0.25, 0.3) is 0 Å². The lowest BCUT2D eigenvalue weighted by molar-refractivity contribution is -0.0575. The van der Waals surface area contributed by atoms with Crippen LogP contribution < -0.4 is 0 Å². The number of hydrogen-bond acceptors (Lipinski definition) is 1. The van der Waals surface area contributed by atoms with Crippen LogP contribution in [0.2, 0.25) is 0 Å². The molecule has 0 aliphatic heterocycles. The Morgan fingerprint density at radius 1 is 1.00 bits per heavy atom. The van der Waals surface area contributed by atoms with Gasteiger partial charge in [-0.1, -0.05) is 94.1 Å². The van der Waals surface area contributed by atoms with Crippen LogP contribution in [0.4, 0.5) is 0 Å². The highest BCUT2D eigenvalue weighted by Crippen LogP contribution is 2.75. The fourth-order valence-electron chi connectivity index (χ4n) is 9.72. The average molecular weight is 635 g/mol. The van der Waals surface area contributed by atoms with Gasteiger partial charge in [-0.2, -0.15) is 0 Å². The van der Waals surface area contributed by atoms with Crippen molar-refractivity contribution in [2.24, 2.45) is 52.3 Å². The van der Waals surface area contributed by atoms with Gasteiger partial charge in [0, 0.05) is 5.92 Å². The summed E-state index contributed by atoms with van der Waals surface area (Å²) in [6.45, 7) is 12.5. The Bertz CT molecular complexity index is 792. The molecular weight excluding hydrogens is 592 g/mol. The quantitative estimate of drug-likeness (QED) is 0.242. The monoisotopic (exact) mass is 632 g/mol. The van der Waals surface area contributed by atoms with Crippen LogP contribution in [0.15, 0.2) is 11.6 Å². The molecular formula is C28H43Br3O. The van der Waals surface area contributed by atoms with Gasteiger partial charge >= 0.3 is 0 Å². The maximum absolute atomic E-state index is 10.3. The standard InChI is InChI=1S/C28H43Br3O/c1-16(2)27(29)24(28(27,30)31)14-17(3)21-8-9-22-20-7-6-18-15-19(32)10-12-25(18,4)23(20)11-13-26(21,22)5/h6,16-17,19-24,32H,7-15H2,1-5H3/t17-,19+,20+,21-,22+,23+,24+,25+,26-,27-/m1/s1. The highest BCUT2D eigenvalue weighted by molar-refractivity contribution is 9.26. The van der Waals surface area contributed by atoms with Crippen molar-refractivity contribution in [3.63, 3.8) is 0 Å². The Balaban J connectivity index is 1.33. The number of allylic oxidation sites excluding steroid dienone is 1. The van der Waals surface area contributed by atoms with Crippen LogP contribution in [-0.4, -0.2) is 18.8 Å². The third-order valence-electron chi connectivity index (χ3n) is 11.7. The Morgan fingerprint density at radius 3 is 2.38 bits per heavy atom. The fraction of sp³-hybridized carbons (Fsp3) is 0.929. The van der Waals surface area contributed by atoms with Crippen LogP contribution in [0, 0.1) is 52.3 Å². The lowest BCUT2D eigenvalue weighted by atomic mass is 9.47. The molecule has 0 spiro atoms. The first kappa shape index (κ1) is 24.8. The van der Waals surface area contributed by atoms with E-state index in [-0.39, 0.29) is 13.7 Å². The summed E-state index contributed by atoms with van der Waals surface area (Å²) in [6.07, 6.45) is 13.9. The SMILES string of the molecule is CC(C)[C@@]1(Br)[C@H](C[C@@H](C)[C@H]2CC[C@H]3[C@@H]4CC=C5C[C@@H](O)CC[C@]5(C)[C@H]4CC[C@]23C)C1(Br)Br. The zero-order valence-corrected chi connectivity index (χ0v) is 25.4. The zero-order valence-electron chi connectivity index (χ0n) is 20.6. The summed E-state index contributed by atoms with van der Waals surface area (Å²) < 4.78 is 0.228. The number of halogens is 3. The summed E-state index contributed by atoms with van der Waals surface area (Å²) in [5.74, 6) is 5.50. The molecule has 0 amide bonds. The molecule has 0 saturated heterocycles. The van der Waals surface area contributed by atoms with Crippen molar-refractivity contribution in [3.8, 4) is 0 Å². The minimum atomic E-state index is -0.0951. The maximum Gasteiger partial charge on any atom is 0.101 e. The fourth-order valence-corrected chi connectivity index (χ4v) is 13.4. The van der Waals surface area contributed by atoms with Gasteiger partial charge in [-0.15, -0.1) is 0 Å². The number of rotatable bonds is 4. The van der Waals surface area contributed by atoms with Crippen LogP contribution in [-0.2, 0) is 0 Å². The van der Waals surface area contributed by atoms with E-state index in [1.54, 1.807) is 5.57 Å². The van der Waals surface area contributed by atoms with E-state index < -0.39 is 0 Å². The van der Waals surface area contributed by atoms with Gasteiger partial charge in [0.2, 0.25) is 0 Å². The molecule has 0 unspecified atom stereocenters. The van der Waals surface area contributed by atoms with E-state index in [0.29, 0.717) is 22.7 Å². The van der Waals surface area contributed by atoms with Gasteiger partial charge < -0.3 is 5.11 Å². The number of fused-ring (bicyclic) bond motifs is 5. The van der Waals surface area contributed by atoms with Gasteiger partial charge in [-0.3, -0.25) is 0 Å². The second-order valence-electron chi connectivity index (χ2n) is 13.2. The summed E-state index contributed by atoms with van der Waals surface area (Å²) in [5, 5.41) is 10.3. The Labute approximate surface area is 221 Å². The lowest BCUT2D eigenvalue weighted by Crippen LogP contribution is -2.50. The van der Waals surface area contributed by atoms with E-state index in [1.165, 1.54) is 44.9 Å². The van der Waals surface area contributed by atoms with E-state index >= 15 is 0 Å². The first-order chi connectivity index (χ1) is 14.9. The summed E-state index contributed by atoms with van der Waals surface area (Å²) in [7, 11) is 0. The lowest BCUT2D eigenvalue weighted by Gasteiger charge is -2.58. The van der Waals surface area contributed by atoms with E-state index in [1.807, 2.05) is 0 Å². The van der Waals surface area contributed by atoms with Crippen LogP contribution in [0.3, 0.4) is 0 Å². The third-order valence-corrected chi connectivity index (χ3v) is 17.2. The van der Waals surface area contributed by atoms with Crippen LogP contribution in [0.5, 0.6) is 0 Å². The molecule has 0 aromatic carbocycles. The molecule has 1 N–H and O–H groups in total. The molecule has 4 heteroatoms. The number of aliphatic hydroxyl groups is 1. The smallest absolute Gasteiger partial charge is 0.101 e. The molecule has 0 aromatic heterocycles. The normalized spacial score (nSPS) is 52.6. The highest BCUT2D eigenvalue weighted by atomic mass is 79.9. The maximum atomic E-state index is 10.3. The molecule has 5 rings (SSSR count). The predicted molar refractivity (Wildman–Crippen MR) is 146 cm³/mol. The minimum Gasteiger partial charge on any atom is -0.393 e. The second kappa shape index (κ2) is 8.07. The molecule has 32 heavy (non-hydrogen) atoms. The predicted octanol–water partition coefficient (Wildman–Crippen LogP) is 8.86. The molecule has 0 radical (unpaired) electrons. The van der Waals surface area contributed by atoms with E-state index in [2.05, 4.69) is 88.5 Å². The van der Waals surface area contributed by atoms with Crippen molar-refractivity contribution >= 4 is 47.8 Å². The number of aliphatic hydroxyl groups excluding tert-OH is 1. The largest absolute Gasteiger partial charge is 0.393 e. The van der Waals surface area contributed by atoms with E-state index in [0.717, 1.165) is 42.4 Å². The second-order valence-corrected chi connectivity index (χ2v) is 18.1. The first-order valence-electron chi connectivity index (χ1n) is 13.3. The number of alkyl halides is 3. The van der Waals surface area contributed by atoms with E-state index in [9.17, 15) is 5.11 Å². The molecule has 5 aliphatic carbocycles. The summed E-state index contributed by atoms with van der Waals surface area (Å²) in [5.41, 5.74) is 2.48. The first-order valence-corrected chi connectivity index (χ1v) is 15.7. The van der Waals surface area contributed by atoms with Gasteiger partial charge in [0.25, 0.3) is 0 Å². The molecule has 0 heterocycles. The Kier molecular flexibility index (Phi) is 6.26. The number of hydrogen-bond donors (Lipinski definition) is 1. The van der Waals surface area contributed by atoms with Crippen molar-refractivity contribution < 1.29 is 5.11 Å². The Hall–Kier alpha value is 1.14. The van der Waals surface area contributed by atoms with Gasteiger partial charge in [0.05, 0.1) is 10.4 Å². The van der Waals surface area contributed by atoms with Crippen molar-refractivity contribution in [3.05, 3.63) is 11.6 Å².